The van der Waals surface area contributed by atoms with E-state index in [4.69, 9.17) is 9.47 Å². The fourth-order valence-electron chi connectivity index (χ4n) is 3.90. The van der Waals surface area contributed by atoms with Crippen LogP contribution in [0.1, 0.15) is 49.7 Å². The van der Waals surface area contributed by atoms with Crippen LogP contribution in [0.2, 0.25) is 0 Å². The first-order chi connectivity index (χ1) is 15.6. The smallest absolute Gasteiger partial charge is 0.407 e. The van der Waals surface area contributed by atoms with E-state index in [1.165, 1.54) is 22.3 Å². The Hall–Kier alpha value is -3.35. The number of esters is 1. The number of ether oxygens (including phenoxy) is 2. The molecule has 0 aromatic heterocycles. The van der Waals surface area contributed by atoms with E-state index in [9.17, 15) is 14.4 Å². The summed E-state index contributed by atoms with van der Waals surface area (Å²) in [4.78, 5) is 35.0. The lowest BCUT2D eigenvalue weighted by Gasteiger charge is -2.14. The van der Waals surface area contributed by atoms with Crippen LogP contribution in [0.25, 0.3) is 11.1 Å². The minimum atomic E-state index is -0.437. The standard InChI is InChI=1S/C25H30N2O5/c1-2-31-24(29)16-27-23(28)14-4-3-9-15-26-25(30)32-17-22-20-12-7-5-10-18(20)19-11-6-8-13-21(19)22/h5-8,10-13,22H,2-4,9,14-17H2,1H3,(H,26,30)(H,27,28). The first-order valence-corrected chi connectivity index (χ1v) is 11.1. The van der Waals surface area contributed by atoms with Gasteiger partial charge in [-0.25, -0.2) is 4.79 Å². The number of hydrogen-bond acceptors (Lipinski definition) is 5. The summed E-state index contributed by atoms with van der Waals surface area (Å²) in [5.74, 6) is -0.572. The number of nitrogens with one attached hydrogen (secondary N) is 2. The molecule has 2 aromatic rings. The topological polar surface area (TPSA) is 93.7 Å². The maximum absolute atomic E-state index is 12.1. The molecule has 1 aliphatic carbocycles. The van der Waals surface area contributed by atoms with E-state index >= 15 is 0 Å². The van der Waals surface area contributed by atoms with Gasteiger partial charge in [0.1, 0.15) is 13.2 Å². The number of carbonyl (C=O) groups excluding carboxylic acids is 3. The van der Waals surface area contributed by atoms with Gasteiger partial charge in [0.15, 0.2) is 0 Å². The second-order valence-electron chi connectivity index (χ2n) is 7.64. The molecule has 0 atom stereocenters. The molecule has 0 aliphatic heterocycles. The number of benzene rings is 2. The highest BCUT2D eigenvalue weighted by Crippen LogP contribution is 2.44. The van der Waals surface area contributed by atoms with E-state index in [0.29, 0.717) is 32.6 Å². The Morgan fingerprint density at radius 2 is 1.50 bits per heavy atom. The molecule has 0 bridgehead atoms. The van der Waals surface area contributed by atoms with Gasteiger partial charge in [0, 0.05) is 18.9 Å². The summed E-state index contributed by atoms with van der Waals surface area (Å²) in [6.45, 7) is 2.69. The highest BCUT2D eigenvalue weighted by molar-refractivity contribution is 5.82. The van der Waals surface area contributed by atoms with Crippen molar-refractivity contribution in [3.8, 4) is 11.1 Å². The van der Waals surface area contributed by atoms with Crippen molar-refractivity contribution in [1.29, 1.82) is 0 Å². The van der Waals surface area contributed by atoms with Crippen LogP contribution >= 0.6 is 0 Å². The van der Waals surface area contributed by atoms with Crippen molar-refractivity contribution in [2.75, 3.05) is 26.3 Å². The van der Waals surface area contributed by atoms with Crippen molar-refractivity contribution < 1.29 is 23.9 Å². The molecule has 1 aliphatic rings. The number of rotatable bonds is 11. The minimum absolute atomic E-state index is 0.0428. The molecule has 7 nitrogen and oxygen atoms in total. The highest BCUT2D eigenvalue weighted by atomic mass is 16.5. The zero-order chi connectivity index (χ0) is 22.8. The van der Waals surface area contributed by atoms with Gasteiger partial charge < -0.3 is 20.1 Å². The third-order valence-corrected chi connectivity index (χ3v) is 5.43. The van der Waals surface area contributed by atoms with Gasteiger partial charge >= 0.3 is 12.1 Å². The Bertz CT molecular complexity index is 898. The molecule has 0 unspecified atom stereocenters. The Labute approximate surface area is 188 Å². The minimum Gasteiger partial charge on any atom is -0.465 e. The normalized spacial score (nSPS) is 11.9. The van der Waals surface area contributed by atoms with Crippen molar-refractivity contribution in [2.24, 2.45) is 0 Å². The van der Waals surface area contributed by atoms with Crippen LogP contribution in [0, 0.1) is 0 Å². The van der Waals surface area contributed by atoms with Crippen LogP contribution in [0.3, 0.4) is 0 Å². The molecule has 0 heterocycles. The van der Waals surface area contributed by atoms with E-state index in [1.54, 1.807) is 6.92 Å². The first kappa shape index (κ1) is 23.3. The zero-order valence-corrected chi connectivity index (χ0v) is 18.4. The lowest BCUT2D eigenvalue weighted by molar-refractivity contribution is -0.143. The van der Waals surface area contributed by atoms with Crippen molar-refractivity contribution in [1.82, 2.24) is 10.6 Å². The van der Waals surface area contributed by atoms with Gasteiger partial charge in [-0.15, -0.1) is 0 Å². The Morgan fingerprint density at radius 3 is 2.16 bits per heavy atom. The third kappa shape index (κ3) is 6.33. The maximum atomic E-state index is 12.1. The van der Waals surface area contributed by atoms with Crippen LogP contribution in [-0.4, -0.2) is 44.3 Å². The fraction of sp³-hybridized carbons (Fsp3) is 0.400. The van der Waals surface area contributed by atoms with Gasteiger partial charge in [-0.1, -0.05) is 55.0 Å². The summed E-state index contributed by atoms with van der Waals surface area (Å²) in [6, 6.07) is 16.4. The molecule has 2 amide bonds. The van der Waals surface area contributed by atoms with E-state index in [0.717, 1.165) is 12.8 Å². The lowest BCUT2D eigenvalue weighted by Crippen LogP contribution is -2.30. The second-order valence-corrected chi connectivity index (χ2v) is 7.64. The quantitative estimate of drug-likeness (QED) is 0.412. The number of fused-ring (bicyclic) bond motifs is 3. The van der Waals surface area contributed by atoms with Gasteiger partial charge in [0.05, 0.1) is 6.61 Å². The predicted molar refractivity (Wildman–Crippen MR) is 121 cm³/mol. The van der Waals surface area contributed by atoms with Crippen LogP contribution in [0.5, 0.6) is 0 Å². The Balaban J connectivity index is 1.31. The Kier molecular flexibility index (Phi) is 8.66. The van der Waals surface area contributed by atoms with Gasteiger partial charge in [-0.05, 0) is 42.0 Å². The van der Waals surface area contributed by atoms with E-state index in [1.807, 2.05) is 24.3 Å². The van der Waals surface area contributed by atoms with Crippen molar-refractivity contribution in [3.63, 3.8) is 0 Å². The first-order valence-electron chi connectivity index (χ1n) is 11.1. The van der Waals surface area contributed by atoms with Gasteiger partial charge in [-0.3, -0.25) is 9.59 Å². The largest absolute Gasteiger partial charge is 0.465 e. The van der Waals surface area contributed by atoms with E-state index in [-0.39, 0.29) is 18.4 Å². The number of amides is 2. The average Bonchev–Trinajstić information content (AvgIpc) is 3.12. The number of hydrogen-bond donors (Lipinski definition) is 2. The summed E-state index contributed by atoms with van der Waals surface area (Å²) in [5.41, 5.74) is 4.76. The van der Waals surface area contributed by atoms with Crippen LogP contribution in [0.4, 0.5) is 4.79 Å². The second kappa shape index (κ2) is 11.9. The summed E-state index contributed by atoms with van der Waals surface area (Å²) in [7, 11) is 0. The van der Waals surface area contributed by atoms with Gasteiger partial charge in [-0.2, -0.15) is 0 Å². The molecule has 2 N–H and O–H groups in total. The molecule has 0 saturated carbocycles. The molecular weight excluding hydrogens is 408 g/mol. The average molecular weight is 439 g/mol. The lowest BCUT2D eigenvalue weighted by atomic mass is 9.98. The SMILES string of the molecule is CCOC(=O)CNC(=O)CCCCCNC(=O)OCC1c2ccccc2-c2ccccc21. The summed E-state index contributed by atoms with van der Waals surface area (Å²) in [6.07, 6.45) is 2.12. The number of unbranched alkanes of at least 4 members (excludes halogenated alkanes) is 2. The summed E-state index contributed by atoms with van der Waals surface area (Å²) < 4.78 is 10.3. The van der Waals surface area contributed by atoms with Gasteiger partial charge in [0.2, 0.25) is 5.91 Å². The molecule has 32 heavy (non-hydrogen) atoms. The summed E-state index contributed by atoms with van der Waals surface area (Å²) in [5, 5.41) is 5.30. The molecule has 7 heteroatoms. The number of carbonyl (C=O) groups is 3. The molecule has 0 radical (unpaired) electrons. The molecule has 0 fully saturated rings. The molecule has 2 aromatic carbocycles. The van der Waals surface area contributed by atoms with Crippen molar-refractivity contribution in [3.05, 3.63) is 59.7 Å². The molecule has 3 rings (SSSR count). The van der Waals surface area contributed by atoms with Crippen molar-refractivity contribution >= 4 is 18.0 Å². The zero-order valence-electron chi connectivity index (χ0n) is 18.4. The fourth-order valence-corrected chi connectivity index (χ4v) is 3.90. The van der Waals surface area contributed by atoms with Crippen LogP contribution in [-0.2, 0) is 19.1 Å². The number of alkyl carbamates (subject to hydrolysis) is 1. The van der Waals surface area contributed by atoms with E-state index in [2.05, 4.69) is 34.9 Å². The van der Waals surface area contributed by atoms with Gasteiger partial charge in [0.25, 0.3) is 0 Å². The third-order valence-electron chi connectivity index (χ3n) is 5.43. The monoisotopic (exact) mass is 438 g/mol. The van der Waals surface area contributed by atoms with Crippen LogP contribution in [0.15, 0.2) is 48.5 Å². The molecule has 0 saturated heterocycles. The van der Waals surface area contributed by atoms with E-state index < -0.39 is 12.1 Å². The molecular formula is C25H30N2O5. The highest BCUT2D eigenvalue weighted by Gasteiger charge is 2.28. The molecule has 170 valence electrons. The predicted octanol–water partition coefficient (Wildman–Crippen LogP) is 3.76. The van der Waals surface area contributed by atoms with Crippen LogP contribution < -0.4 is 10.6 Å². The Morgan fingerprint density at radius 1 is 0.844 bits per heavy atom. The van der Waals surface area contributed by atoms with Crippen molar-refractivity contribution in [2.45, 2.75) is 38.5 Å². The molecule has 0 spiro atoms. The summed E-state index contributed by atoms with van der Waals surface area (Å²) >= 11 is 0. The maximum Gasteiger partial charge on any atom is 0.407 e.